The smallest absolute Gasteiger partial charge is 0.319 e. The van der Waals surface area contributed by atoms with Crippen molar-refractivity contribution in [3.05, 3.63) is 29.8 Å². The van der Waals surface area contributed by atoms with E-state index in [4.69, 9.17) is 0 Å². The zero-order valence-corrected chi connectivity index (χ0v) is 15.5. The molecule has 4 N–H and O–H groups in total. The topological polar surface area (TPSA) is 103 Å². The summed E-state index contributed by atoms with van der Waals surface area (Å²) >= 11 is 0. The van der Waals surface area contributed by atoms with E-state index in [0.717, 1.165) is 12.0 Å². The van der Waals surface area contributed by atoms with Crippen LogP contribution in [0.5, 0.6) is 0 Å². The van der Waals surface area contributed by atoms with Gasteiger partial charge in [0.25, 0.3) is 0 Å². The lowest BCUT2D eigenvalue weighted by Gasteiger charge is -2.20. The molecule has 0 bridgehead atoms. The molecule has 8 heteroatoms. The summed E-state index contributed by atoms with van der Waals surface area (Å²) in [7, 11) is 0. The normalized spacial score (nSPS) is 15.8. The van der Waals surface area contributed by atoms with Crippen LogP contribution in [-0.4, -0.2) is 48.0 Å². The molecule has 2 atom stereocenters. The lowest BCUT2D eigenvalue weighted by atomic mass is 10.1. The van der Waals surface area contributed by atoms with Crippen molar-refractivity contribution >= 4 is 23.7 Å². The van der Waals surface area contributed by atoms with Gasteiger partial charge in [-0.25, -0.2) is 9.59 Å². The van der Waals surface area contributed by atoms with Crippen molar-refractivity contribution < 1.29 is 14.4 Å². The number of amides is 5. The van der Waals surface area contributed by atoms with Crippen molar-refractivity contribution in [3.63, 3.8) is 0 Å². The number of hydrogen-bond donors (Lipinski definition) is 4. The lowest BCUT2D eigenvalue weighted by Crippen LogP contribution is -2.48. The maximum Gasteiger partial charge on any atom is 0.319 e. The van der Waals surface area contributed by atoms with E-state index in [1.165, 1.54) is 0 Å². The number of para-hydroxylation sites is 1. The number of carbonyl (C=O) groups excluding carboxylic acids is 3. The van der Waals surface area contributed by atoms with Crippen molar-refractivity contribution in [1.29, 1.82) is 0 Å². The van der Waals surface area contributed by atoms with Gasteiger partial charge in [-0.1, -0.05) is 25.1 Å². The molecule has 1 heterocycles. The number of benzene rings is 1. The molecule has 1 fully saturated rings. The molecule has 142 valence electrons. The third kappa shape index (κ3) is 5.37. The van der Waals surface area contributed by atoms with Crippen LogP contribution in [0, 0.1) is 0 Å². The monoisotopic (exact) mass is 361 g/mol. The van der Waals surface area contributed by atoms with Gasteiger partial charge in [0.1, 0.15) is 6.04 Å². The molecule has 1 aromatic carbocycles. The summed E-state index contributed by atoms with van der Waals surface area (Å²) in [5.41, 5.74) is 1.44. The number of nitrogens with one attached hydrogen (secondary N) is 4. The number of nitrogens with zero attached hydrogens (tertiary/aromatic N) is 1. The van der Waals surface area contributed by atoms with Crippen LogP contribution in [0.3, 0.4) is 0 Å². The minimum atomic E-state index is -0.652. The van der Waals surface area contributed by atoms with Crippen LogP contribution in [0.1, 0.15) is 32.8 Å². The van der Waals surface area contributed by atoms with Crippen LogP contribution >= 0.6 is 0 Å². The van der Waals surface area contributed by atoms with Gasteiger partial charge in [-0.05, 0) is 31.9 Å². The number of urea groups is 2. The summed E-state index contributed by atoms with van der Waals surface area (Å²) in [5, 5.41) is 11.0. The summed E-state index contributed by atoms with van der Waals surface area (Å²) in [5.74, 6) is -0.225. The van der Waals surface area contributed by atoms with E-state index in [9.17, 15) is 14.4 Å². The number of rotatable bonds is 7. The predicted octanol–water partition coefficient (Wildman–Crippen LogP) is 1.64. The van der Waals surface area contributed by atoms with Gasteiger partial charge in [0, 0.05) is 31.4 Å². The Hall–Kier alpha value is -2.77. The van der Waals surface area contributed by atoms with E-state index >= 15 is 0 Å². The molecular formula is C18H27N5O3. The Kier molecular flexibility index (Phi) is 6.82. The summed E-state index contributed by atoms with van der Waals surface area (Å²) in [6.07, 6.45) is 0.822. The summed E-state index contributed by atoms with van der Waals surface area (Å²) in [6.45, 7) is 7.19. The zero-order valence-electron chi connectivity index (χ0n) is 15.5. The third-order valence-corrected chi connectivity index (χ3v) is 4.31. The van der Waals surface area contributed by atoms with Gasteiger partial charge in [-0.15, -0.1) is 0 Å². The molecule has 26 heavy (non-hydrogen) atoms. The van der Waals surface area contributed by atoms with Crippen LogP contribution < -0.4 is 21.3 Å². The molecule has 5 amide bonds. The van der Waals surface area contributed by atoms with E-state index in [2.05, 4.69) is 21.3 Å². The maximum atomic E-state index is 12.2. The van der Waals surface area contributed by atoms with Crippen molar-refractivity contribution in [2.24, 2.45) is 0 Å². The molecule has 0 aromatic heterocycles. The second-order valence-corrected chi connectivity index (χ2v) is 6.45. The average molecular weight is 361 g/mol. The molecule has 0 radical (unpaired) electrons. The highest BCUT2D eigenvalue weighted by Crippen LogP contribution is 2.18. The second-order valence-electron chi connectivity index (χ2n) is 6.45. The van der Waals surface area contributed by atoms with Gasteiger partial charge in [-0.2, -0.15) is 0 Å². The van der Waals surface area contributed by atoms with Crippen molar-refractivity contribution in [2.75, 3.05) is 18.4 Å². The van der Waals surface area contributed by atoms with Crippen molar-refractivity contribution in [2.45, 2.75) is 45.8 Å². The van der Waals surface area contributed by atoms with Gasteiger partial charge in [0.05, 0.1) is 0 Å². The molecular weight excluding hydrogens is 334 g/mol. The molecule has 1 saturated heterocycles. The first kappa shape index (κ1) is 19.6. The predicted molar refractivity (Wildman–Crippen MR) is 99.8 cm³/mol. The quantitative estimate of drug-likeness (QED) is 0.594. The van der Waals surface area contributed by atoms with E-state index in [1.54, 1.807) is 17.9 Å². The van der Waals surface area contributed by atoms with Crippen molar-refractivity contribution in [3.8, 4) is 0 Å². The minimum Gasteiger partial charge on any atom is -0.352 e. The van der Waals surface area contributed by atoms with Gasteiger partial charge < -0.3 is 26.2 Å². The first-order valence-corrected chi connectivity index (χ1v) is 8.89. The molecule has 1 aromatic rings. The summed E-state index contributed by atoms with van der Waals surface area (Å²) in [4.78, 5) is 37.7. The summed E-state index contributed by atoms with van der Waals surface area (Å²) in [6, 6.07) is 6.13. The second kappa shape index (κ2) is 9.07. The Morgan fingerprint density at radius 3 is 2.62 bits per heavy atom. The lowest BCUT2D eigenvalue weighted by molar-refractivity contribution is -0.123. The van der Waals surface area contributed by atoms with E-state index in [1.807, 2.05) is 32.0 Å². The standard InChI is InChI=1S/C18H27N5O3/c1-4-12(2)20-16(24)13(3)21-17(25)22-15-8-6-5-7-14(15)11-23-10-9-19-18(23)26/h5-8,12-13H,4,9-11H2,1-3H3,(H,19,26)(H,20,24)(H2,21,22,25)/t12-,13-/m1/s1. The molecule has 0 spiro atoms. The van der Waals surface area contributed by atoms with Crippen LogP contribution in [-0.2, 0) is 11.3 Å². The molecule has 8 nitrogen and oxygen atoms in total. The van der Waals surface area contributed by atoms with Crippen molar-refractivity contribution in [1.82, 2.24) is 20.9 Å². The molecule has 2 rings (SSSR count). The molecule has 1 aliphatic rings. The Morgan fingerprint density at radius 2 is 1.96 bits per heavy atom. The minimum absolute atomic E-state index is 0.0575. The van der Waals surface area contributed by atoms with Gasteiger partial charge in [-0.3, -0.25) is 4.79 Å². The number of hydrogen-bond acceptors (Lipinski definition) is 3. The third-order valence-electron chi connectivity index (χ3n) is 4.31. The highest BCUT2D eigenvalue weighted by atomic mass is 16.2. The summed E-state index contributed by atoms with van der Waals surface area (Å²) < 4.78 is 0. The highest BCUT2D eigenvalue weighted by Gasteiger charge is 2.21. The molecule has 0 unspecified atom stereocenters. The van der Waals surface area contributed by atoms with E-state index in [-0.39, 0.29) is 18.0 Å². The van der Waals surface area contributed by atoms with Crippen LogP contribution in [0.4, 0.5) is 15.3 Å². The zero-order chi connectivity index (χ0) is 19.1. The van der Waals surface area contributed by atoms with Gasteiger partial charge in [0.15, 0.2) is 0 Å². The number of carbonyl (C=O) groups is 3. The Labute approximate surface area is 153 Å². The molecule has 0 saturated carbocycles. The fraction of sp³-hybridized carbons (Fsp3) is 0.500. The first-order chi connectivity index (χ1) is 12.4. The van der Waals surface area contributed by atoms with E-state index < -0.39 is 12.1 Å². The Bertz CT molecular complexity index is 664. The number of anilines is 1. The molecule has 1 aliphatic heterocycles. The van der Waals surface area contributed by atoms with Gasteiger partial charge in [0.2, 0.25) is 5.91 Å². The Balaban J connectivity index is 1.94. The van der Waals surface area contributed by atoms with Crippen LogP contribution in [0.15, 0.2) is 24.3 Å². The van der Waals surface area contributed by atoms with Gasteiger partial charge >= 0.3 is 12.1 Å². The Morgan fingerprint density at radius 1 is 1.23 bits per heavy atom. The van der Waals surface area contributed by atoms with Crippen LogP contribution in [0.2, 0.25) is 0 Å². The SMILES string of the molecule is CC[C@@H](C)NC(=O)[C@@H](C)NC(=O)Nc1ccccc1CN1CCNC1=O. The average Bonchev–Trinajstić information content (AvgIpc) is 3.01. The first-order valence-electron chi connectivity index (χ1n) is 8.89. The largest absolute Gasteiger partial charge is 0.352 e. The highest BCUT2D eigenvalue weighted by molar-refractivity contribution is 5.94. The molecule has 0 aliphatic carbocycles. The van der Waals surface area contributed by atoms with E-state index in [0.29, 0.717) is 25.3 Å². The van der Waals surface area contributed by atoms with Crippen LogP contribution in [0.25, 0.3) is 0 Å². The maximum absolute atomic E-state index is 12.2. The fourth-order valence-electron chi connectivity index (χ4n) is 2.54. The fourth-order valence-corrected chi connectivity index (χ4v) is 2.54.